The highest BCUT2D eigenvalue weighted by Gasteiger charge is 2.32. The molecule has 1 N–H and O–H groups in total. The van der Waals surface area contributed by atoms with Gasteiger partial charge in [-0.3, -0.25) is 0 Å². The van der Waals surface area contributed by atoms with Gasteiger partial charge in [-0.1, -0.05) is 6.07 Å². The van der Waals surface area contributed by atoms with Crippen LogP contribution in [0, 0.1) is 5.82 Å². The van der Waals surface area contributed by atoms with Crippen molar-refractivity contribution in [2.24, 2.45) is 0 Å². The Hall–Kier alpha value is -2.41. The van der Waals surface area contributed by atoms with Crippen LogP contribution >= 0.6 is 0 Å². The summed E-state index contributed by atoms with van der Waals surface area (Å²) in [5.74, 6) is -0.311. The first kappa shape index (κ1) is 18.4. The van der Waals surface area contributed by atoms with Gasteiger partial charge in [-0.05, 0) is 44.9 Å². The monoisotopic (exact) mass is 360 g/mol. The molecule has 1 atom stereocenters. The lowest BCUT2D eigenvalue weighted by Gasteiger charge is -2.39. The first-order valence-corrected chi connectivity index (χ1v) is 8.78. The molecule has 6 nitrogen and oxygen atoms in total. The number of urea groups is 1. The van der Waals surface area contributed by atoms with E-state index in [0.717, 1.165) is 18.4 Å². The lowest BCUT2D eigenvalue weighted by molar-refractivity contribution is -0.0744. The summed E-state index contributed by atoms with van der Waals surface area (Å²) in [6.07, 6.45) is 5.11. The van der Waals surface area contributed by atoms with Gasteiger partial charge in [-0.25, -0.2) is 13.9 Å². The van der Waals surface area contributed by atoms with Gasteiger partial charge in [0.05, 0.1) is 17.5 Å². The minimum absolute atomic E-state index is 0.119. The second-order valence-electron chi connectivity index (χ2n) is 7.30. The Morgan fingerprint density at radius 1 is 1.50 bits per heavy atom. The maximum atomic E-state index is 13.3. The third-order valence-electron chi connectivity index (χ3n) is 4.69. The Balaban J connectivity index is 1.56. The maximum Gasteiger partial charge on any atom is 0.317 e. The van der Waals surface area contributed by atoms with Gasteiger partial charge < -0.3 is 15.0 Å². The summed E-state index contributed by atoms with van der Waals surface area (Å²) in [6.45, 7) is 5.12. The summed E-state index contributed by atoms with van der Waals surface area (Å²) in [7, 11) is 1.82. The van der Waals surface area contributed by atoms with E-state index in [1.54, 1.807) is 34.1 Å². The fraction of sp³-hybridized carbons (Fsp3) is 0.474. The van der Waals surface area contributed by atoms with Crippen LogP contribution in [0.5, 0.6) is 0 Å². The summed E-state index contributed by atoms with van der Waals surface area (Å²) in [5.41, 5.74) is 1.29. The molecule has 0 bridgehead atoms. The van der Waals surface area contributed by atoms with E-state index in [4.69, 9.17) is 4.74 Å². The Morgan fingerprint density at radius 3 is 3.04 bits per heavy atom. The van der Waals surface area contributed by atoms with Crippen LogP contribution in [0.15, 0.2) is 36.7 Å². The van der Waals surface area contributed by atoms with E-state index in [9.17, 15) is 9.18 Å². The van der Waals surface area contributed by atoms with Gasteiger partial charge in [0, 0.05) is 38.0 Å². The second kappa shape index (κ2) is 7.45. The van der Waals surface area contributed by atoms with Crippen molar-refractivity contribution < 1.29 is 13.9 Å². The molecule has 1 fully saturated rings. The smallest absolute Gasteiger partial charge is 0.317 e. The number of carbonyl (C=O) groups excluding carboxylic acids is 1. The van der Waals surface area contributed by atoms with Gasteiger partial charge in [0.2, 0.25) is 0 Å². The van der Waals surface area contributed by atoms with E-state index >= 15 is 0 Å². The first-order chi connectivity index (χ1) is 12.3. The summed E-state index contributed by atoms with van der Waals surface area (Å²) >= 11 is 0. The van der Waals surface area contributed by atoms with Crippen LogP contribution in [0.3, 0.4) is 0 Å². The number of hydrogen-bond acceptors (Lipinski definition) is 3. The molecule has 1 unspecified atom stereocenters. The normalized spacial score (nSPS) is 19.2. The zero-order valence-corrected chi connectivity index (χ0v) is 15.4. The van der Waals surface area contributed by atoms with E-state index in [2.05, 4.69) is 10.4 Å². The number of rotatable bonds is 4. The number of nitrogens with one attached hydrogen (secondary N) is 1. The molecule has 1 aliphatic rings. The van der Waals surface area contributed by atoms with Gasteiger partial charge in [0.15, 0.2) is 0 Å². The summed E-state index contributed by atoms with van der Waals surface area (Å²) in [5, 5.41) is 7.15. The van der Waals surface area contributed by atoms with Crippen molar-refractivity contribution in [1.82, 2.24) is 20.0 Å². The van der Waals surface area contributed by atoms with Gasteiger partial charge in [0.1, 0.15) is 5.82 Å². The van der Waals surface area contributed by atoms with E-state index < -0.39 is 0 Å². The number of carbonyl (C=O) groups is 1. The fourth-order valence-electron chi connectivity index (χ4n) is 3.21. The minimum Gasteiger partial charge on any atom is -0.375 e. The van der Waals surface area contributed by atoms with Crippen LogP contribution in [0.2, 0.25) is 0 Å². The highest BCUT2D eigenvalue weighted by Crippen LogP contribution is 2.26. The average molecular weight is 360 g/mol. The van der Waals surface area contributed by atoms with E-state index in [1.165, 1.54) is 12.1 Å². The topological polar surface area (TPSA) is 59.4 Å². The predicted molar refractivity (Wildman–Crippen MR) is 96.6 cm³/mol. The van der Waals surface area contributed by atoms with Crippen LogP contribution in [0.25, 0.3) is 5.69 Å². The van der Waals surface area contributed by atoms with Crippen molar-refractivity contribution in [2.75, 3.05) is 13.7 Å². The highest BCUT2D eigenvalue weighted by atomic mass is 19.1. The molecule has 0 radical (unpaired) electrons. The lowest BCUT2D eigenvalue weighted by Crippen LogP contribution is -2.49. The highest BCUT2D eigenvalue weighted by molar-refractivity contribution is 5.74. The Bertz CT molecular complexity index is 774. The molecule has 1 aromatic heterocycles. The molecule has 0 spiro atoms. The Labute approximate surface area is 152 Å². The zero-order chi connectivity index (χ0) is 18.7. The van der Waals surface area contributed by atoms with Crippen LogP contribution in [-0.2, 0) is 11.3 Å². The van der Waals surface area contributed by atoms with E-state index in [1.807, 2.05) is 20.9 Å². The molecule has 0 aliphatic carbocycles. The van der Waals surface area contributed by atoms with Crippen LogP contribution in [-0.4, -0.2) is 46.0 Å². The lowest BCUT2D eigenvalue weighted by atomic mass is 9.93. The molecule has 3 rings (SSSR count). The molecule has 7 heteroatoms. The zero-order valence-electron chi connectivity index (χ0n) is 15.4. The van der Waals surface area contributed by atoms with Crippen LogP contribution in [0.1, 0.15) is 32.3 Å². The number of benzene rings is 1. The van der Waals surface area contributed by atoms with Crippen molar-refractivity contribution >= 4 is 6.03 Å². The maximum absolute atomic E-state index is 13.3. The molecule has 2 aromatic rings. The van der Waals surface area contributed by atoms with Crippen molar-refractivity contribution in [1.29, 1.82) is 0 Å². The second-order valence-corrected chi connectivity index (χ2v) is 7.30. The van der Waals surface area contributed by atoms with Gasteiger partial charge >= 0.3 is 6.03 Å². The molecule has 26 heavy (non-hydrogen) atoms. The summed E-state index contributed by atoms with van der Waals surface area (Å²) < 4.78 is 20.6. The molecule has 1 aromatic carbocycles. The third kappa shape index (κ3) is 4.40. The van der Waals surface area contributed by atoms with Crippen molar-refractivity contribution in [2.45, 2.75) is 44.9 Å². The third-order valence-corrected chi connectivity index (χ3v) is 4.69. The fourth-order valence-corrected chi connectivity index (χ4v) is 3.21. The van der Waals surface area contributed by atoms with Crippen molar-refractivity contribution in [3.63, 3.8) is 0 Å². The quantitative estimate of drug-likeness (QED) is 0.911. The summed E-state index contributed by atoms with van der Waals surface area (Å²) in [4.78, 5) is 14.2. The van der Waals surface area contributed by atoms with Gasteiger partial charge in [-0.2, -0.15) is 5.10 Å². The molecule has 2 heterocycles. The van der Waals surface area contributed by atoms with E-state index in [0.29, 0.717) is 18.8 Å². The minimum atomic E-state index is -0.311. The van der Waals surface area contributed by atoms with Gasteiger partial charge in [0.25, 0.3) is 0 Å². The molecule has 140 valence electrons. The molecule has 1 saturated heterocycles. The van der Waals surface area contributed by atoms with E-state index in [-0.39, 0.29) is 23.5 Å². The SMILES string of the molecule is CN(C(=O)NCc1cnn(-c2cccc(F)c2)c1)C1CCOC(C)(C)C1. The van der Waals surface area contributed by atoms with Crippen LogP contribution < -0.4 is 5.32 Å². The standard InChI is InChI=1S/C19H25FN4O2/c1-19(2)10-17(7-8-26-19)23(3)18(25)21-11-14-12-22-24(13-14)16-6-4-5-15(20)9-16/h4-6,9,12-13,17H,7-8,10-11H2,1-3H3,(H,21,25). The number of hydrogen-bond donors (Lipinski definition) is 1. The van der Waals surface area contributed by atoms with Gasteiger partial charge in [-0.15, -0.1) is 0 Å². The molecular weight excluding hydrogens is 335 g/mol. The Morgan fingerprint density at radius 2 is 2.31 bits per heavy atom. The number of amides is 2. The number of halogens is 1. The van der Waals surface area contributed by atoms with Crippen LogP contribution in [0.4, 0.5) is 9.18 Å². The Kier molecular flexibility index (Phi) is 5.27. The number of nitrogens with zero attached hydrogens (tertiary/aromatic N) is 3. The average Bonchev–Trinajstić information content (AvgIpc) is 3.07. The number of ether oxygens (including phenoxy) is 1. The van der Waals surface area contributed by atoms with Crippen molar-refractivity contribution in [3.8, 4) is 5.69 Å². The summed E-state index contributed by atoms with van der Waals surface area (Å²) in [6, 6.07) is 6.26. The molecule has 2 amide bonds. The molecule has 1 aliphatic heterocycles. The predicted octanol–water partition coefficient (Wildman–Crippen LogP) is 3.11. The van der Waals surface area contributed by atoms with Crippen molar-refractivity contribution in [3.05, 3.63) is 48.0 Å². The molecule has 0 saturated carbocycles. The first-order valence-electron chi connectivity index (χ1n) is 8.78. The molecular formula is C19H25FN4O2. The largest absolute Gasteiger partial charge is 0.375 e. The number of aromatic nitrogens is 2.